The fourth-order valence-electron chi connectivity index (χ4n) is 1.65. The first-order chi connectivity index (χ1) is 7.11. The highest BCUT2D eigenvalue weighted by atomic mass is 35.5. The van der Waals surface area contributed by atoms with Gasteiger partial charge in [0.2, 0.25) is 0 Å². The van der Waals surface area contributed by atoms with E-state index < -0.39 is 0 Å². The van der Waals surface area contributed by atoms with Gasteiger partial charge in [-0.3, -0.25) is 4.79 Å². The zero-order chi connectivity index (χ0) is 11.3. The number of carbonyl (C=O) groups excluding carboxylic acids is 1. The molecule has 1 unspecified atom stereocenters. The predicted octanol–water partition coefficient (Wildman–Crippen LogP) is 4.34. The van der Waals surface area contributed by atoms with Gasteiger partial charge in [-0.2, -0.15) is 0 Å². The third kappa shape index (κ3) is 4.80. The summed E-state index contributed by atoms with van der Waals surface area (Å²) in [6.07, 6.45) is 3.34. The molecule has 1 heterocycles. The Morgan fingerprint density at radius 1 is 1.53 bits per heavy atom. The molecule has 1 aromatic rings. The van der Waals surface area contributed by atoms with Crippen molar-refractivity contribution in [3.05, 3.63) is 21.3 Å². The Balaban J connectivity index is 2.35. The Morgan fingerprint density at radius 2 is 2.27 bits per heavy atom. The average Bonchev–Trinajstić information content (AvgIpc) is 2.51. The van der Waals surface area contributed by atoms with Gasteiger partial charge in [0.05, 0.1) is 4.34 Å². The minimum absolute atomic E-state index is 0.382. The molecule has 84 valence electrons. The summed E-state index contributed by atoms with van der Waals surface area (Å²) in [5.74, 6) is 0.811. The molecule has 1 atom stereocenters. The maximum absolute atomic E-state index is 11.4. The lowest BCUT2D eigenvalue weighted by Gasteiger charge is -2.08. The number of ketones is 1. The average molecular weight is 245 g/mol. The van der Waals surface area contributed by atoms with Crippen LogP contribution in [0.2, 0.25) is 4.34 Å². The summed E-state index contributed by atoms with van der Waals surface area (Å²) in [6.45, 7) is 4.17. The molecule has 1 rings (SSSR count). The summed E-state index contributed by atoms with van der Waals surface area (Å²) < 4.78 is 0.831. The Bertz CT molecular complexity index is 319. The molecule has 0 saturated heterocycles. The smallest absolute Gasteiger partial charge is 0.133 e. The van der Waals surface area contributed by atoms with Crippen LogP contribution < -0.4 is 0 Å². The fraction of sp³-hybridized carbons (Fsp3) is 0.583. The first-order valence-corrected chi connectivity index (χ1v) is 6.57. The lowest BCUT2D eigenvalue weighted by molar-refractivity contribution is -0.119. The number of Topliss-reactive ketones (excluding diaryl/α,β-unsaturated/α-hetero) is 1. The van der Waals surface area contributed by atoms with Gasteiger partial charge in [0.25, 0.3) is 0 Å². The van der Waals surface area contributed by atoms with E-state index in [-0.39, 0.29) is 0 Å². The number of rotatable bonds is 6. The lowest BCUT2D eigenvalue weighted by Crippen LogP contribution is -2.06. The van der Waals surface area contributed by atoms with Crippen LogP contribution in [0.5, 0.6) is 0 Å². The van der Waals surface area contributed by atoms with Crippen LogP contribution in [-0.2, 0) is 11.2 Å². The highest BCUT2D eigenvalue weighted by molar-refractivity contribution is 7.16. The van der Waals surface area contributed by atoms with E-state index in [1.165, 1.54) is 4.88 Å². The van der Waals surface area contributed by atoms with Crippen LogP contribution in [0.3, 0.4) is 0 Å². The van der Waals surface area contributed by atoms with Crippen LogP contribution in [0.1, 0.15) is 38.0 Å². The van der Waals surface area contributed by atoms with E-state index >= 15 is 0 Å². The van der Waals surface area contributed by atoms with Crippen LogP contribution in [0.25, 0.3) is 0 Å². The summed E-state index contributed by atoms with van der Waals surface area (Å²) >= 11 is 7.46. The second kappa shape index (κ2) is 6.29. The van der Waals surface area contributed by atoms with Crippen molar-refractivity contribution in [2.24, 2.45) is 5.92 Å². The largest absolute Gasteiger partial charge is 0.300 e. The van der Waals surface area contributed by atoms with Crippen LogP contribution >= 0.6 is 22.9 Å². The van der Waals surface area contributed by atoms with E-state index in [2.05, 4.69) is 6.92 Å². The molecular weight excluding hydrogens is 228 g/mol. The van der Waals surface area contributed by atoms with Crippen molar-refractivity contribution in [2.45, 2.75) is 39.5 Å². The normalized spacial score (nSPS) is 12.7. The molecule has 0 saturated carbocycles. The third-order valence-electron chi connectivity index (χ3n) is 2.28. The Labute approximate surface area is 100 Å². The van der Waals surface area contributed by atoms with Gasteiger partial charge >= 0.3 is 0 Å². The van der Waals surface area contributed by atoms with Crippen molar-refractivity contribution in [3.63, 3.8) is 0 Å². The second-order valence-electron chi connectivity index (χ2n) is 4.01. The summed E-state index contributed by atoms with van der Waals surface area (Å²) in [5, 5.41) is 0. The standard InChI is InChI=1S/C12H17ClOS/c1-3-4-10(14)7-9(2)8-11-5-6-12(13)15-11/h5-6,9H,3-4,7-8H2,1-2H3. The van der Waals surface area contributed by atoms with Crippen molar-refractivity contribution in [1.82, 2.24) is 0 Å². The number of thiophene rings is 1. The molecular formula is C12H17ClOS. The molecule has 0 aliphatic carbocycles. The zero-order valence-corrected chi connectivity index (χ0v) is 10.8. The number of hydrogen-bond acceptors (Lipinski definition) is 2. The number of halogens is 1. The maximum atomic E-state index is 11.4. The van der Waals surface area contributed by atoms with E-state index in [1.54, 1.807) is 11.3 Å². The number of hydrogen-bond donors (Lipinski definition) is 0. The van der Waals surface area contributed by atoms with Crippen LogP contribution in [0.15, 0.2) is 12.1 Å². The monoisotopic (exact) mass is 244 g/mol. The second-order valence-corrected chi connectivity index (χ2v) is 5.81. The molecule has 0 aromatic carbocycles. The highest BCUT2D eigenvalue weighted by Gasteiger charge is 2.10. The van der Waals surface area contributed by atoms with Gasteiger partial charge in [0.1, 0.15) is 5.78 Å². The molecule has 0 bridgehead atoms. The lowest BCUT2D eigenvalue weighted by atomic mass is 9.98. The van der Waals surface area contributed by atoms with Gasteiger partial charge < -0.3 is 0 Å². The van der Waals surface area contributed by atoms with Gasteiger partial charge in [-0.15, -0.1) is 11.3 Å². The van der Waals surface area contributed by atoms with E-state index in [4.69, 9.17) is 11.6 Å². The summed E-state index contributed by atoms with van der Waals surface area (Å²) in [6, 6.07) is 3.97. The Kier molecular flexibility index (Phi) is 5.34. The molecule has 3 heteroatoms. The minimum atomic E-state index is 0.382. The molecule has 0 N–H and O–H groups in total. The van der Waals surface area contributed by atoms with Crippen molar-refractivity contribution in [3.8, 4) is 0 Å². The van der Waals surface area contributed by atoms with Crippen molar-refractivity contribution in [2.75, 3.05) is 0 Å². The zero-order valence-electron chi connectivity index (χ0n) is 9.25. The SMILES string of the molecule is CCCC(=O)CC(C)Cc1ccc(Cl)s1. The van der Waals surface area contributed by atoms with Crippen LogP contribution in [0, 0.1) is 5.92 Å². The first kappa shape index (κ1) is 12.7. The minimum Gasteiger partial charge on any atom is -0.300 e. The summed E-state index contributed by atoms with van der Waals surface area (Å²) in [5.41, 5.74) is 0. The van der Waals surface area contributed by atoms with E-state index in [0.29, 0.717) is 18.1 Å². The quantitative estimate of drug-likeness (QED) is 0.728. The van der Waals surface area contributed by atoms with Gasteiger partial charge in [0, 0.05) is 17.7 Å². The highest BCUT2D eigenvalue weighted by Crippen LogP contribution is 2.24. The van der Waals surface area contributed by atoms with Crippen molar-refractivity contribution < 1.29 is 4.79 Å². The van der Waals surface area contributed by atoms with Crippen molar-refractivity contribution >= 4 is 28.7 Å². The Hall–Kier alpha value is -0.340. The third-order valence-corrected chi connectivity index (χ3v) is 3.54. The topological polar surface area (TPSA) is 17.1 Å². The van der Waals surface area contributed by atoms with Gasteiger partial charge in [-0.1, -0.05) is 25.4 Å². The molecule has 0 amide bonds. The summed E-state index contributed by atoms with van der Waals surface area (Å²) in [7, 11) is 0. The van der Waals surface area contributed by atoms with Gasteiger partial charge in [0.15, 0.2) is 0 Å². The summed E-state index contributed by atoms with van der Waals surface area (Å²) in [4.78, 5) is 12.7. The fourth-order valence-corrected chi connectivity index (χ4v) is 2.90. The Morgan fingerprint density at radius 3 is 2.80 bits per heavy atom. The molecule has 0 aliphatic heterocycles. The van der Waals surface area contributed by atoms with Crippen LogP contribution in [-0.4, -0.2) is 5.78 Å². The van der Waals surface area contributed by atoms with E-state index in [1.807, 2.05) is 19.1 Å². The van der Waals surface area contributed by atoms with Crippen molar-refractivity contribution in [1.29, 1.82) is 0 Å². The molecule has 15 heavy (non-hydrogen) atoms. The molecule has 0 radical (unpaired) electrons. The first-order valence-electron chi connectivity index (χ1n) is 5.37. The molecule has 0 aliphatic rings. The van der Waals surface area contributed by atoms with Gasteiger partial charge in [-0.05, 0) is 30.9 Å². The molecule has 0 fully saturated rings. The predicted molar refractivity (Wildman–Crippen MR) is 66.7 cm³/mol. The van der Waals surface area contributed by atoms with Crippen LogP contribution in [0.4, 0.5) is 0 Å². The molecule has 1 nitrogen and oxygen atoms in total. The maximum Gasteiger partial charge on any atom is 0.133 e. The molecule has 1 aromatic heterocycles. The van der Waals surface area contributed by atoms with E-state index in [0.717, 1.165) is 23.6 Å². The van der Waals surface area contributed by atoms with E-state index in [9.17, 15) is 4.79 Å². The van der Waals surface area contributed by atoms with Gasteiger partial charge in [-0.25, -0.2) is 0 Å². The number of carbonyl (C=O) groups is 1. The molecule has 0 spiro atoms.